The molecule has 0 bridgehead atoms. The molecule has 0 saturated carbocycles. The van der Waals surface area contributed by atoms with Crippen LogP contribution in [0.25, 0.3) is 0 Å². The Morgan fingerprint density at radius 3 is 3.00 bits per heavy atom. The standard InChI is InChI=1S/C15H22N2OS/c1-2-4-14-13(3-1)11-18-12-15(14)16-5-6-17-7-9-19-10-8-17/h1-4,15-16H,5-12H2. The fourth-order valence-corrected chi connectivity index (χ4v) is 3.75. The zero-order chi connectivity index (χ0) is 12.9. The van der Waals surface area contributed by atoms with Crippen LogP contribution in [0.3, 0.4) is 0 Å². The molecule has 1 saturated heterocycles. The molecule has 4 heteroatoms. The fourth-order valence-electron chi connectivity index (χ4n) is 2.77. The van der Waals surface area contributed by atoms with Gasteiger partial charge in [-0.05, 0) is 11.1 Å². The van der Waals surface area contributed by atoms with Gasteiger partial charge < -0.3 is 15.0 Å². The molecule has 0 radical (unpaired) electrons. The molecule has 1 atom stereocenters. The minimum absolute atomic E-state index is 0.365. The van der Waals surface area contributed by atoms with E-state index in [0.717, 1.165) is 26.3 Å². The third-order valence-corrected chi connectivity index (χ3v) is 4.84. The molecule has 1 fully saturated rings. The van der Waals surface area contributed by atoms with Crippen LogP contribution in [0.1, 0.15) is 17.2 Å². The molecule has 0 spiro atoms. The second-order valence-corrected chi connectivity index (χ2v) is 6.40. The van der Waals surface area contributed by atoms with Crippen LogP contribution in [0, 0.1) is 0 Å². The number of hydrogen-bond donors (Lipinski definition) is 1. The van der Waals surface area contributed by atoms with E-state index in [1.807, 2.05) is 0 Å². The van der Waals surface area contributed by atoms with E-state index in [1.165, 1.54) is 35.7 Å². The predicted molar refractivity (Wildman–Crippen MR) is 80.6 cm³/mol. The lowest BCUT2D eigenvalue weighted by atomic mass is 9.99. The highest BCUT2D eigenvalue weighted by Crippen LogP contribution is 2.24. The third-order valence-electron chi connectivity index (χ3n) is 3.90. The van der Waals surface area contributed by atoms with E-state index < -0.39 is 0 Å². The molecule has 1 N–H and O–H groups in total. The number of nitrogens with one attached hydrogen (secondary N) is 1. The van der Waals surface area contributed by atoms with Gasteiger partial charge in [-0.25, -0.2) is 0 Å². The molecule has 0 aromatic heterocycles. The minimum Gasteiger partial charge on any atom is -0.375 e. The first-order chi connectivity index (χ1) is 9.43. The van der Waals surface area contributed by atoms with Gasteiger partial charge in [-0.1, -0.05) is 24.3 Å². The molecule has 0 aliphatic carbocycles. The highest BCUT2D eigenvalue weighted by Gasteiger charge is 2.19. The highest BCUT2D eigenvalue weighted by molar-refractivity contribution is 7.99. The summed E-state index contributed by atoms with van der Waals surface area (Å²) >= 11 is 2.07. The third kappa shape index (κ3) is 3.51. The summed E-state index contributed by atoms with van der Waals surface area (Å²) < 4.78 is 5.67. The summed E-state index contributed by atoms with van der Waals surface area (Å²) in [6.07, 6.45) is 0. The van der Waals surface area contributed by atoms with Gasteiger partial charge in [-0.15, -0.1) is 0 Å². The zero-order valence-corrected chi connectivity index (χ0v) is 12.1. The van der Waals surface area contributed by atoms with Crippen LogP contribution in [0.4, 0.5) is 0 Å². The Bertz CT molecular complexity index is 407. The summed E-state index contributed by atoms with van der Waals surface area (Å²) in [6, 6.07) is 8.98. The zero-order valence-electron chi connectivity index (χ0n) is 11.3. The van der Waals surface area contributed by atoms with E-state index in [9.17, 15) is 0 Å². The van der Waals surface area contributed by atoms with Gasteiger partial charge in [0.2, 0.25) is 0 Å². The predicted octanol–water partition coefficient (Wildman–Crippen LogP) is 1.90. The van der Waals surface area contributed by atoms with Crippen molar-refractivity contribution in [1.29, 1.82) is 0 Å². The number of ether oxygens (including phenoxy) is 1. The lowest BCUT2D eigenvalue weighted by Crippen LogP contribution is -2.40. The molecule has 2 heterocycles. The van der Waals surface area contributed by atoms with Crippen LogP contribution >= 0.6 is 11.8 Å². The number of hydrogen-bond acceptors (Lipinski definition) is 4. The number of nitrogens with zero attached hydrogens (tertiary/aromatic N) is 1. The largest absolute Gasteiger partial charge is 0.375 e. The molecule has 19 heavy (non-hydrogen) atoms. The quantitative estimate of drug-likeness (QED) is 0.909. The van der Waals surface area contributed by atoms with Crippen molar-refractivity contribution in [3.8, 4) is 0 Å². The summed E-state index contributed by atoms with van der Waals surface area (Å²) in [5, 5.41) is 3.65. The second kappa shape index (κ2) is 6.75. The minimum atomic E-state index is 0.365. The van der Waals surface area contributed by atoms with Crippen LogP contribution in [0.2, 0.25) is 0 Å². The average molecular weight is 278 g/mol. The van der Waals surface area contributed by atoms with Gasteiger partial charge in [-0.3, -0.25) is 0 Å². The van der Waals surface area contributed by atoms with Gasteiger partial charge in [0.1, 0.15) is 0 Å². The van der Waals surface area contributed by atoms with Crippen LogP contribution in [-0.2, 0) is 11.3 Å². The molecule has 2 aliphatic rings. The molecule has 2 aliphatic heterocycles. The summed E-state index contributed by atoms with van der Waals surface area (Å²) in [5.41, 5.74) is 2.75. The summed E-state index contributed by atoms with van der Waals surface area (Å²) in [6.45, 7) is 6.24. The summed E-state index contributed by atoms with van der Waals surface area (Å²) in [4.78, 5) is 2.55. The van der Waals surface area contributed by atoms with Gasteiger partial charge in [0.05, 0.1) is 19.3 Å². The highest BCUT2D eigenvalue weighted by atomic mass is 32.2. The van der Waals surface area contributed by atoms with E-state index in [0.29, 0.717) is 6.04 Å². The maximum Gasteiger partial charge on any atom is 0.0721 e. The Hall–Kier alpha value is -0.550. The normalized spacial score (nSPS) is 24.1. The first-order valence-electron chi connectivity index (χ1n) is 7.12. The lowest BCUT2D eigenvalue weighted by Gasteiger charge is -2.29. The van der Waals surface area contributed by atoms with E-state index in [1.54, 1.807) is 0 Å². The fraction of sp³-hybridized carbons (Fsp3) is 0.600. The van der Waals surface area contributed by atoms with Gasteiger partial charge in [0, 0.05) is 37.7 Å². The molecule has 0 amide bonds. The molecular formula is C15H22N2OS. The van der Waals surface area contributed by atoms with Crippen molar-refractivity contribution >= 4 is 11.8 Å². The van der Waals surface area contributed by atoms with Crippen molar-refractivity contribution in [2.24, 2.45) is 0 Å². The molecule has 104 valence electrons. The van der Waals surface area contributed by atoms with Crippen LogP contribution < -0.4 is 5.32 Å². The SMILES string of the molecule is c1ccc2c(c1)COCC2NCCN1CCSCC1. The van der Waals surface area contributed by atoms with E-state index in [4.69, 9.17) is 4.74 Å². The van der Waals surface area contributed by atoms with Gasteiger partial charge in [0.25, 0.3) is 0 Å². The molecule has 1 aromatic rings. The van der Waals surface area contributed by atoms with E-state index >= 15 is 0 Å². The van der Waals surface area contributed by atoms with Crippen molar-refractivity contribution in [2.45, 2.75) is 12.6 Å². The van der Waals surface area contributed by atoms with E-state index in [2.05, 4.69) is 46.2 Å². The average Bonchev–Trinajstić information content (AvgIpc) is 2.49. The van der Waals surface area contributed by atoms with Gasteiger partial charge >= 0.3 is 0 Å². The summed E-state index contributed by atoms with van der Waals surface area (Å²) in [7, 11) is 0. The monoisotopic (exact) mass is 278 g/mol. The number of rotatable bonds is 4. The molecule has 3 rings (SSSR count). The van der Waals surface area contributed by atoms with Crippen LogP contribution in [0.15, 0.2) is 24.3 Å². The molecule has 1 aromatic carbocycles. The van der Waals surface area contributed by atoms with Crippen molar-refractivity contribution in [1.82, 2.24) is 10.2 Å². The first kappa shape index (κ1) is 13.4. The van der Waals surface area contributed by atoms with Crippen LogP contribution in [0.5, 0.6) is 0 Å². The maximum absolute atomic E-state index is 5.67. The van der Waals surface area contributed by atoms with Crippen molar-refractivity contribution < 1.29 is 4.74 Å². The second-order valence-electron chi connectivity index (χ2n) is 5.17. The summed E-state index contributed by atoms with van der Waals surface area (Å²) in [5.74, 6) is 2.57. The molecular weight excluding hydrogens is 256 g/mol. The van der Waals surface area contributed by atoms with Gasteiger partial charge in [0.15, 0.2) is 0 Å². The Labute approximate surface area is 119 Å². The smallest absolute Gasteiger partial charge is 0.0721 e. The Balaban J connectivity index is 1.50. The van der Waals surface area contributed by atoms with Gasteiger partial charge in [-0.2, -0.15) is 11.8 Å². The number of thioether (sulfide) groups is 1. The van der Waals surface area contributed by atoms with Crippen molar-refractivity contribution in [2.75, 3.05) is 44.3 Å². The lowest BCUT2D eigenvalue weighted by molar-refractivity contribution is 0.0813. The maximum atomic E-state index is 5.67. The number of fused-ring (bicyclic) bond motifs is 1. The molecule has 3 nitrogen and oxygen atoms in total. The van der Waals surface area contributed by atoms with Crippen molar-refractivity contribution in [3.05, 3.63) is 35.4 Å². The topological polar surface area (TPSA) is 24.5 Å². The number of benzene rings is 1. The Morgan fingerprint density at radius 2 is 2.11 bits per heavy atom. The van der Waals surface area contributed by atoms with Crippen molar-refractivity contribution in [3.63, 3.8) is 0 Å². The first-order valence-corrected chi connectivity index (χ1v) is 8.28. The van der Waals surface area contributed by atoms with Crippen LogP contribution in [-0.4, -0.2) is 49.2 Å². The molecule has 1 unspecified atom stereocenters. The Morgan fingerprint density at radius 1 is 1.26 bits per heavy atom. The van der Waals surface area contributed by atoms with E-state index in [-0.39, 0.29) is 0 Å². The Kier molecular flexibility index (Phi) is 4.77.